The Morgan fingerprint density at radius 3 is 2.54 bits per heavy atom. The number of carbonyl (C=O) groups excluding carboxylic acids is 2. The summed E-state index contributed by atoms with van der Waals surface area (Å²) in [5.74, 6) is -0.739. The van der Waals surface area contributed by atoms with Crippen LogP contribution in [-0.2, 0) is 14.8 Å². The third-order valence-electron chi connectivity index (χ3n) is 4.34. The number of hydrogen-bond acceptors (Lipinski definition) is 4. The molecular weight excluding hydrogens is 354 g/mol. The number of piperidine rings is 1. The summed E-state index contributed by atoms with van der Waals surface area (Å²) >= 11 is 0. The smallest absolute Gasteiger partial charge is 0.251 e. The molecule has 2 N–H and O–H groups in total. The standard InChI is InChI=1S/C18H27N3O4S/c1-3-10-19-17(22)14(2)20-18(23)15-8-7-9-16(13-15)26(24,25)21-11-5-4-6-12-21/h7-9,13-14H,3-6,10-12H2,1-2H3,(H,19,22)(H,20,23)/t14-/m1/s1. The van der Waals surface area contributed by atoms with Crippen LogP contribution < -0.4 is 10.6 Å². The van der Waals surface area contributed by atoms with Gasteiger partial charge >= 0.3 is 0 Å². The topological polar surface area (TPSA) is 95.6 Å². The molecule has 26 heavy (non-hydrogen) atoms. The van der Waals surface area contributed by atoms with E-state index in [4.69, 9.17) is 0 Å². The molecule has 1 aromatic rings. The van der Waals surface area contributed by atoms with Crippen LogP contribution in [0, 0.1) is 0 Å². The fourth-order valence-electron chi connectivity index (χ4n) is 2.80. The average molecular weight is 381 g/mol. The molecule has 0 aromatic heterocycles. The quantitative estimate of drug-likeness (QED) is 0.748. The maximum atomic E-state index is 12.7. The highest BCUT2D eigenvalue weighted by molar-refractivity contribution is 7.89. The lowest BCUT2D eigenvalue weighted by atomic mass is 10.2. The van der Waals surface area contributed by atoms with Crippen molar-refractivity contribution in [2.75, 3.05) is 19.6 Å². The molecule has 1 atom stereocenters. The van der Waals surface area contributed by atoms with Crippen LogP contribution in [0.25, 0.3) is 0 Å². The molecule has 0 bridgehead atoms. The Kier molecular flexibility index (Phi) is 7.16. The molecule has 2 amide bonds. The maximum Gasteiger partial charge on any atom is 0.251 e. The zero-order valence-electron chi connectivity index (χ0n) is 15.3. The van der Waals surface area contributed by atoms with Gasteiger partial charge in [-0.1, -0.05) is 19.4 Å². The molecule has 2 rings (SSSR count). The van der Waals surface area contributed by atoms with E-state index in [9.17, 15) is 18.0 Å². The molecule has 1 aliphatic heterocycles. The van der Waals surface area contributed by atoms with Gasteiger partial charge in [-0.25, -0.2) is 8.42 Å². The number of hydrogen-bond donors (Lipinski definition) is 2. The number of carbonyl (C=O) groups is 2. The van der Waals surface area contributed by atoms with E-state index in [0.717, 1.165) is 25.7 Å². The predicted molar refractivity (Wildman–Crippen MR) is 99.3 cm³/mol. The van der Waals surface area contributed by atoms with Crippen LogP contribution in [-0.4, -0.2) is 50.2 Å². The summed E-state index contributed by atoms with van der Waals surface area (Å²) in [4.78, 5) is 24.4. The van der Waals surface area contributed by atoms with Crippen LogP contribution in [0.3, 0.4) is 0 Å². The predicted octanol–water partition coefficient (Wildman–Crippen LogP) is 1.51. The van der Waals surface area contributed by atoms with Crippen molar-refractivity contribution in [2.45, 2.75) is 50.5 Å². The largest absolute Gasteiger partial charge is 0.354 e. The Bertz CT molecular complexity index is 743. The van der Waals surface area contributed by atoms with Gasteiger partial charge < -0.3 is 10.6 Å². The monoisotopic (exact) mass is 381 g/mol. The summed E-state index contributed by atoms with van der Waals surface area (Å²) in [6, 6.07) is 5.26. The van der Waals surface area contributed by atoms with Crippen LogP contribution in [0.15, 0.2) is 29.2 Å². The van der Waals surface area contributed by atoms with Crippen molar-refractivity contribution in [3.05, 3.63) is 29.8 Å². The van der Waals surface area contributed by atoms with Crippen molar-refractivity contribution in [3.8, 4) is 0 Å². The minimum Gasteiger partial charge on any atom is -0.354 e. The number of nitrogens with one attached hydrogen (secondary N) is 2. The van der Waals surface area contributed by atoms with Gasteiger partial charge in [0.2, 0.25) is 15.9 Å². The first kappa shape index (κ1) is 20.4. The van der Waals surface area contributed by atoms with Gasteiger partial charge in [0.05, 0.1) is 4.90 Å². The minimum absolute atomic E-state index is 0.107. The molecule has 0 spiro atoms. The maximum absolute atomic E-state index is 12.7. The van der Waals surface area contributed by atoms with Gasteiger partial charge in [-0.05, 0) is 44.4 Å². The van der Waals surface area contributed by atoms with Crippen LogP contribution in [0.1, 0.15) is 49.9 Å². The van der Waals surface area contributed by atoms with Gasteiger partial charge in [0, 0.05) is 25.2 Å². The Balaban J connectivity index is 2.10. The lowest BCUT2D eigenvalue weighted by Gasteiger charge is -2.26. The average Bonchev–Trinajstić information content (AvgIpc) is 2.66. The molecule has 1 fully saturated rings. The second-order valence-corrected chi connectivity index (χ2v) is 8.42. The Hall–Kier alpha value is -1.93. The number of benzene rings is 1. The summed E-state index contributed by atoms with van der Waals surface area (Å²) in [7, 11) is -3.60. The zero-order valence-corrected chi connectivity index (χ0v) is 16.1. The van der Waals surface area contributed by atoms with E-state index in [-0.39, 0.29) is 16.4 Å². The number of rotatable bonds is 7. The highest BCUT2D eigenvalue weighted by Gasteiger charge is 2.26. The van der Waals surface area contributed by atoms with Crippen molar-refractivity contribution < 1.29 is 18.0 Å². The van der Waals surface area contributed by atoms with Crippen LogP contribution in [0.4, 0.5) is 0 Å². The molecule has 8 heteroatoms. The molecule has 144 valence electrons. The zero-order chi connectivity index (χ0) is 19.2. The molecule has 0 radical (unpaired) electrons. The molecule has 1 saturated heterocycles. The van der Waals surface area contributed by atoms with E-state index in [1.807, 2.05) is 6.92 Å². The van der Waals surface area contributed by atoms with Gasteiger partial charge in [-0.2, -0.15) is 4.31 Å². The van der Waals surface area contributed by atoms with Crippen molar-refractivity contribution >= 4 is 21.8 Å². The van der Waals surface area contributed by atoms with Crippen molar-refractivity contribution in [1.29, 1.82) is 0 Å². The highest BCUT2D eigenvalue weighted by Crippen LogP contribution is 2.21. The first-order chi connectivity index (χ1) is 12.4. The lowest BCUT2D eigenvalue weighted by molar-refractivity contribution is -0.122. The number of sulfonamides is 1. The number of nitrogens with zero attached hydrogens (tertiary/aromatic N) is 1. The third-order valence-corrected chi connectivity index (χ3v) is 6.23. The molecular formula is C18H27N3O4S. The lowest BCUT2D eigenvalue weighted by Crippen LogP contribution is -2.45. The molecule has 1 aliphatic rings. The Labute approximate surface area is 155 Å². The van der Waals surface area contributed by atoms with Crippen LogP contribution in [0.5, 0.6) is 0 Å². The van der Waals surface area contributed by atoms with Crippen molar-refractivity contribution in [2.24, 2.45) is 0 Å². The van der Waals surface area contributed by atoms with Gasteiger partial charge in [0.15, 0.2) is 0 Å². The molecule has 7 nitrogen and oxygen atoms in total. The molecule has 0 unspecified atom stereocenters. The van der Waals surface area contributed by atoms with Gasteiger partial charge in [-0.3, -0.25) is 9.59 Å². The van der Waals surface area contributed by atoms with E-state index in [0.29, 0.717) is 19.6 Å². The van der Waals surface area contributed by atoms with Gasteiger partial charge in [-0.15, -0.1) is 0 Å². The van der Waals surface area contributed by atoms with E-state index >= 15 is 0 Å². The second-order valence-electron chi connectivity index (χ2n) is 6.48. The van der Waals surface area contributed by atoms with Gasteiger partial charge in [0.1, 0.15) is 6.04 Å². The van der Waals surface area contributed by atoms with Gasteiger partial charge in [0.25, 0.3) is 5.91 Å². The fourth-order valence-corrected chi connectivity index (χ4v) is 4.36. The van der Waals surface area contributed by atoms with Crippen molar-refractivity contribution in [3.63, 3.8) is 0 Å². The summed E-state index contributed by atoms with van der Waals surface area (Å²) in [5, 5.41) is 5.32. The minimum atomic E-state index is -3.60. The summed E-state index contributed by atoms with van der Waals surface area (Å²) in [5.41, 5.74) is 0.221. The van der Waals surface area contributed by atoms with Crippen molar-refractivity contribution in [1.82, 2.24) is 14.9 Å². The fraction of sp³-hybridized carbons (Fsp3) is 0.556. The first-order valence-electron chi connectivity index (χ1n) is 9.05. The van der Waals surface area contributed by atoms with Crippen LogP contribution in [0.2, 0.25) is 0 Å². The first-order valence-corrected chi connectivity index (χ1v) is 10.5. The third kappa shape index (κ3) is 5.04. The van der Waals surface area contributed by atoms with E-state index < -0.39 is 22.0 Å². The summed E-state index contributed by atoms with van der Waals surface area (Å²) in [6.45, 7) is 5.10. The van der Waals surface area contributed by atoms with E-state index in [2.05, 4.69) is 10.6 Å². The molecule has 1 heterocycles. The highest BCUT2D eigenvalue weighted by atomic mass is 32.2. The Morgan fingerprint density at radius 1 is 1.19 bits per heavy atom. The SMILES string of the molecule is CCCNC(=O)[C@@H](C)NC(=O)c1cccc(S(=O)(=O)N2CCCCC2)c1. The molecule has 0 saturated carbocycles. The summed E-state index contributed by atoms with van der Waals surface area (Å²) in [6.07, 6.45) is 3.54. The summed E-state index contributed by atoms with van der Waals surface area (Å²) < 4.78 is 26.9. The Morgan fingerprint density at radius 2 is 1.88 bits per heavy atom. The molecule has 1 aromatic carbocycles. The normalized spacial score (nSPS) is 16.7. The van der Waals surface area contributed by atoms with Crippen LogP contribution >= 0.6 is 0 Å². The number of amides is 2. The van der Waals surface area contributed by atoms with E-state index in [1.54, 1.807) is 19.1 Å². The molecule has 0 aliphatic carbocycles. The van der Waals surface area contributed by atoms with E-state index in [1.165, 1.54) is 16.4 Å². The second kappa shape index (κ2) is 9.14.